The summed E-state index contributed by atoms with van der Waals surface area (Å²) in [6.07, 6.45) is 3.90. The van der Waals surface area contributed by atoms with Crippen molar-refractivity contribution in [3.63, 3.8) is 0 Å². The summed E-state index contributed by atoms with van der Waals surface area (Å²) in [6.45, 7) is 6.94. The van der Waals surface area contributed by atoms with Gasteiger partial charge in [0.25, 0.3) is 0 Å². The Morgan fingerprint density at radius 2 is 2.00 bits per heavy atom. The predicted octanol–water partition coefficient (Wildman–Crippen LogP) is 4.55. The smallest absolute Gasteiger partial charge is 0.0459 e. The Balaban J connectivity index is 2.24. The molecule has 1 heteroatoms. The van der Waals surface area contributed by atoms with E-state index in [0.29, 0.717) is 5.92 Å². The van der Waals surface area contributed by atoms with Crippen molar-refractivity contribution in [2.24, 2.45) is 5.92 Å². The van der Waals surface area contributed by atoms with Crippen LogP contribution in [-0.4, -0.2) is 4.98 Å². The van der Waals surface area contributed by atoms with Crippen molar-refractivity contribution in [2.75, 3.05) is 0 Å². The fourth-order valence-electron chi connectivity index (χ4n) is 3.24. The maximum absolute atomic E-state index is 3.64. The average molecular weight is 227 g/mol. The van der Waals surface area contributed by atoms with Gasteiger partial charge in [-0.2, -0.15) is 0 Å². The van der Waals surface area contributed by atoms with Crippen LogP contribution in [-0.2, 0) is 6.42 Å². The molecule has 2 unspecified atom stereocenters. The van der Waals surface area contributed by atoms with Crippen molar-refractivity contribution in [1.29, 1.82) is 0 Å². The first-order chi connectivity index (χ1) is 8.15. The van der Waals surface area contributed by atoms with E-state index in [2.05, 4.69) is 44.0 Å². The molecule has 1 aliphatic carbocycles. The van der Waals surface area contributed by atoms with Gasteiger partial charge in [0.05, 0.1) is 0 Å². The summed E-state index contributed by atoms with van der Waals surface area (Å²) < 4.78 is 0. The van der Waals surface area contributed by atoms with Gasteiger partial charge in [-0.1, -0.05) is 25.5 Å². The number of hydrogen-bond acceptors (Lipinski definition) is 0. The maximum Gasteiger partial charge on any atom is 0.0459 e. The third-order valence-electron chi connectivity index (χ3n) is 4.21. The molecule has 17 heavy (non-hydrogen) atoms. The SMILES string of the molecule is Cc1ccc2[nH]c3c(c2c1)C(C)CCC(C)C3. The molecule has 2 atom stereocenters. The first-order valence-electron chi connectivity index (χ1n) is 6.76. The van der Waals surface area contributed by atoms with Gasteiger partial charge in [0, 0.05) is 16.6 Å². The highest BCUT2D eigenvalue weighted by Crippen LogP contribution is 2.37. The zero-order valence-electron chi connectivity index (χ0n) is 11.0. The van der Waals surface area contributed by atoms with Crippen LogP contribution in [0.15, 0.2) is 18.2 Å². The minimum atomic E-state index is 0.700. The minimum Gasteiger partial charge on any atom is -0.358 e. The molecular formula is C16H21N. The Morgan fingerprint density at radius 3 is 2.82 bits per heavy atom. The number of nitrogens with one attached hydrogen (secondary N) is 1. The lowest BCUT2D eigenvalue weighted by Gasteiger charge is -2.09. The first-order valence-corrected chi connectivity index (χ1v) is 6.76. The van der Waals surface area contributed by atoms with Crippen LogP contribution < -0.4 is 0 Å². The van der Waals surface area contributed by atoms with E-state index in [1.165, 1.54) is 41.4 Å². The molecule has 0 saturated carbocycles. The van der Waals surface area contributed by atoms with Gasteiger partial charge in [0.1, 0.15) is 0 Å². The van der Waals surface area contributed by atoms with E-state index in [9.17, 15) is 0 Å². The normalized spacial score (nSPS) is 24.6. The van der Waals surface area contributed by atoms with Crippen LogP contribution in [0.25, 0.3) is 10.9 Å². The second kappa shape index (κ2) is 3.90. The number of hydrogen-bond donors (Lipinski definition) is 1. The molecule has 90 valence electrons. The molecule has 1 aliphatic rings. The topological polar surface area (TPSA) is 15.8 Å². The number of aromatic amines is 1. The lowest BCUT2D eigenvalue weighted by atomic mass is 9.95. The Morgan fingerprint density at radius 1 is 1.18 bits per heavy atom. The summed E-state index contributed by atoms with van der Waals surface area (Å²) in [6, 6.07) is 6.78. The van der Waals surface area contributed by atoms with Crippen molar-refractivity contribution < 1.29 is 0 Å². The van der Waals surface area contributed by atoms with E-state index >= 15 is 0 Å². The van der Waals surface area contributed by atoms with E-state index < -0.39 is 0 Å². The third-order valence-corrected chi connectivity index (χ3v) is 4.21. The molecule has 0 saturated heterocycles. The van der Waals surface area contributed by atoms with Gasteiger partial charge in [0.15, 0.2) is 0 Å². The van der Waals surface area contributed by atoms with E-state index in [0.717, 1.165) is 5.92 Å². The summed E-state index contributed by atoms with van der Waals surface area (Å²) in [5.41, 5.74) is 5.77. The molecule has 3 rings (SSSR count). The highest BCUT2D eigenvalue weighted by molar-refractivity contribution is 5.86. The van der Waals surface area contributed by atoms with E-state index in [-0.39, 0.29) is 0 Å². The monoisotopic (exact) mass is 227 g/mol. The van der Waals surface area contributed by atoms with Crippen LogP contribution in [0.2, 0.25) is 0 Å². The molecular weight excluding hydrogens is 206 g/mol. The number of fused-ring (bicyclic) bond motifs is 3. The van der Waals surface area contributed by atoms with E-state index in [1.54, 1.807) is 5.56 Å². The number of aryl methyl sites for hydroxylation is 1. The minimum absolute atomic E-state index is 0.700. The zero-order valence-corrected chi connectivity index (χ0v) is 11.0. The largest absolute Gasteiger partial charge is 0.358 e. The Hall–Kier alpha value is -1.24. The van der Waals surface area contributed by atoms with E-state index in [1.807, 2.05) is 0 Å². The molecule has 2 aromatic rings. The number of rotatable bonds is 0. The van der Waals surface area contributed by atoms with Gasteiger partial charge in [-0.15, -0.1) is 0 Å². The molecule has 1 aromatic carbocycles. The fourth-order valence-corrected chi connectivity index (χ4v) is 3.24. The zero-order chi connectivity index (χ0) is 12.0. The molecule has 0 amide bonds. The van der Waals surface area contributed by atoms with Crippen LogP contribution in [0.1, 0.15) is 49.4 Å². The lowest BCUT2D eigenvalue weighted by molar-refractivity contribution is 0.502. The highest BCUT2D eigenvalue weighted by atomic mass is 14.7. The van der Waals surface area contributed by atoms with Crippen molar-refractivity contribution >= 4 is 10.9 Å². The average Bonchev–Trinajstić information content (AvgIpc) is 2.56. The summed E-state index contributed by atoms with van der Waals surface area (Å²) >= 11 is 0. The van der Waals surface area contributed by atoms with Crippen LogP contribution in [0, 0.1) is 12.8 Å². The molecule has 0 fully saturated rings. The summed E-state index contributed by atoms with van der Waals surface area (Å²) in [5.74, 6) is 1.51. The van der Waals surface area contributed by atoms with Crippen molar-refractivity contribution in [3.05, 3.63) is 35.0 Å². The maximum atomic E-state index is 3.64. The van der Waals surface area contributed by atoms with Gasteiger partial charge in [-0.05, 0) is 55.7 Å². The second-order valence-electron chi connectivity index (χ2n) is 5.85. The van der Waals surface area contributed by atoms with Crippen LogP contribution in [0.4, 0.5) is 0 Å². The number of benzene rings is 1. The molecule has 1 N–H and O–H groups in total. The van der Waals surface area contributed by atoms with Crippen molar-refractivity contribution in [1.82, 2.24) is 4.98 Å². The molecule has 0 aliphatic heterocycles. The molecule has 0 radical (unpaired) electrons. The predicted molar refractivity (Wildman–Crippen MR) is 73.6 cm³/mol. The molecule has 1 nitrogen and oxygen atoms in total. The second-order valence-corrected chi connectivity index (χ2v) is 5.85. The van der Waals surface area contributed by atoms with Gasteiger partial charge < -0.3 is 4.98 Å². The first kappa shape index (κ1) is 10.9. The Kier molecular flexibility index (Phi) is 2.50. The van der Waals surface area contributed by atoms with Crippen LogP contribution in [0.3, 0.4) is 0 Å². The number of H-pyrrole nitrogens is 1. The molecule has 0 bridgehead atoms. The number of aromatic nitrogens is 1. The van der Waals surface area contributed by atoms with Crippen molar-refractivity contribution in [3.8, 4) is 0 Å². The van der Waals surface area contributed by atoms with Gasteiger partial charge in [-0.25, -0.2) is 0 Å². The summed E-state index contributed by atoms with van der Waals surface area (Å²) in [4.78, 5) is 3.64. The van der Waals surface area contributed by atoms with Gasteiger partial charge in [-0.3, -0.25) is 0 Å². The van der Waals surface area contributed by atoms with Crippen LogP contribution >= 0.6 is 0 Å². The molecule has 1 heterocycles. The fraction of sp³-hybridized carbons (Fsp3) is 0.500. The Labute approximate surface area is 103 Å². The van der Waals surface area contributed by atoms with Gasteiger partial charge >= 0.3 is 0 Å². The summed E-state index contributed by atoms with van der Waals surface area (Å²) in [7, 11) is 0. The molecule has 0 spiro atoms. The van der Waals surface area contributed by atoms with Crippen molar-refractivity contribution in [2.45, 2.75) is 46.0 Å². The van der Waals surface area contributed by atoms with Crippen LogP contribution in [0.5, 0.6) is 0 Å². The standard InChI is InChI=1S/C16H21N/c1-10-5-7-14-13(8-10)16-12(3)6-4-11(2)9-15(16)17-14/h5,7-8,11-12,17H,4,6,9H2,1-3H3. The highest BCUT2D eigenvalue weighted by Gasteiger charge is 2.22. The molecule has 1 aromatic heterocycles. The Bertz CT molecular complexity index is 550. The van der Waals surface area contributed by atoms with Gasteiger partial charge in [0.2, 0.25) is 0 Å². The third kappa shape index (κ3) is 1.78. The van der Waals surface area contributed by atoms with E-state index in [4.69, 9.17) is 0 Å². The quantitative estimate of drug-likeness (QED) is 0.635. The summed E-state index contributed by atoms with van der Waals surface area (Å²) in [5, 5.41) is 1.46. The lowest BCUT2D eigenvalue weighted by Crippen LogP contribution is -1.97.